The molecule has 1 unspecified atom stereocenters. The second-order valence-corrected chi connectivity index (χ2v) is 4.19. The van der Waals surface area contributed by atoms with E-state index in [1.807, 2.05) is 20.8 Å². The first-order chi connectivity index (χ1) is 8.02. The average molecular weight is 235 g/mol. The third kappa shape index (κ3) is 3.86. The minimum absolute atomic E-state index is 0.154. The van der Waals surface area contributed by atoms with Gasteiger partial charge in [-0.25, -0.2) is 0 Å². The molecule has 0 aromatic carbocycles. The summed E-state index contributed by atoms with van der Waals surface area (Å²) in [4.78, 5) is 27.0. The van der Waals surface area contributed by atoms with Crippen LogP contribution in [0, 0.1) is 11.8 Å². The van der Waals surface area contributed by atoms with Crippen LogP contribution in [0.3, 0.4) is 0 Å². The first kappa shape index (κ1) is 13.2. The van der Waals surface area contributed by atoms with Crippen LogP contribution in [0.15, 0.2) is 24.4 Å². The van der Waals surface area contributed by atoms with Gasteiger partial charge >= 0.3 is 0 Å². The van der Waals surface area contributed by atoms with Gasteiger partial charge in [0.1, 0.15) is 5.69 Å². The highest BCUT2D eigenvalue weighted by atomic mass is 16.2. The molecule has 0 saturated heterocycles. The van der Waals surface area contributed by atoms with Gasteiger partial charge in [0.2, 0.25) is 5.91 Å². The second kappa shape index (κ2) is 5.98. The fourth-order valence-electron chi connectivity index (χ4n) is 1.10. The van der Waals surface area contributed by atoms with Gasteiger partial charge in [0.05, 0.1) is 0 Å². The van der Waals surface area contributed by atoms with Crippen molar-refractivity contribution in [1.82, 2.24) is 15.8 Å². The molecule has 1 aromatic heterocycles. The van der Waals surface area contributed by atoms with Gasteiger partial charge in [0.25, 0.3) is 5.91 Å². The molecular formula is C12H17N3O2. The summed E-state index contributed by atoms with van der Waals surface area (Å²) in [7, 11) is 0. The number of rotatable bonds is 3. The van der Waals surface area contributed by atoms with Crippen molar-refractivity contribution in [2.45, 2.75) is 20.8 Å². The van der Waals surface area contributed by atoms with Crippen molar-refractivity contribution in [2.75, 3.05) is 0 Å². The topological polar surface area (TPSA) is 71.1 Å². The third-order valence-electron chi connectivity index (χ3n) is 2.61. The lowest BCUT2D eigenvalue weighted by molar-refractivity contribution is -0.126. The third-order valence-corrected chi connectivity index (χ3v) is 2.61. The Morgan fingerprint density at radius 3 is 2.41 bits per heavy atom. The standard InChI is InChI=1S/C12H17N3O2/c1-8(2)9(3)11(16)14-15-12(17)10-6-4-5-7-13-10/h4-9H,1-3H3,(H,14,16)(H,15,17). The predicted octanol–water partition coefficient (Wildman–Crippen LogP) is 1.13. The monoisotopic (exact) mass is 235 g/mol. The van der Waals surface area contributed by atoms with Crippen molar-refractivity contribution >= 4 is 11.8 Å². The van der Waals surface area contributed by atoms with E-state index in [0.717, 1.165) is 0 Å². The minimum Gasteiger partial charge on any atom is -0.273 e. The van der Waals surface area contributed by atoms with Gasteiger partial charge in [0.15, 0.2) is 0 Å². The largest absolute Gasteiger partial charge is 0.288 e. The molecule has 1 atom stereocenters. The second-order valence-electron chi connectivity index (χ2n) is 4.19. The van der Waals surface area contributed by atoms with Crippen molar-refractivity contribution < 1.29 is 9.59 Å². The molecule has 0 spiro atoms. The maximum Gasteiger partial charge on any atom is 0.288 e. The smallest absolute Gasteiger partial charge is 0.273 e. The van der Waals surface area contributed by atoms with Gasteiger partial charge in [-0.1, -0.05) is 26.8 Å². The number of hydrogen-bond donors (Lipinski definition) is 2. The van der Waals surface area contributed by atoms with E-state index in [4.69, 9.17) is 0 Å². The van der Waals surface area contributed by atoms with Crippen molar-refractivity contribution in [3.63, 3.8) is 0 Å². The lowest BCUT2D eigenvalue weighted by Gasteiger charge is -2.15. The lowest BCUT2D eigenvalue weighted by Crippen LogP contribution is -2.45. The summed E-state index contributed by atoms with van der Waals surface area (Å²) in [6, 6.07) is 5.00. The van der Waals surface area contributed by atoms with E-state index in [9.17, 15) is 9.59 Å². The Morgan fingerprint density at radius 2 is 1.88 bits per heavy atom. The number of pyridine rings is 1. The molecule has 5 heteroatoms. The molecule has 0 aliphatic heterocycles. The van der Waals surface area contributed by atoms with Gasteiger partial charge in [-0.05, 0) is 18.1 Å². The van der Waals surface area contributed by atoms with Gasteiger partial charge < -0.3 is 0 Å². The van der Waals surface area contributed by atoms with E-state index >= 15 is 0 Å². The summed E-state index contributed by atoms with van der Waals surface area (Å²) < 4.78 is 0. The average Bonchev–Trinajstić information content (AvgIpc) is 2.35. The highest BCUT2D eigenvalue weighted by Gasteiger charge is 2.17. The molecule has 0 aliphatic rings. The van der Waals surface area contributed by atoms with Crippen molar-refractivity contribution in [1.29, 1.82) is 0 Å². The minimum atomic E-state index is -0.421. The summed E-state index contributed by atoms with van der Waals surface area (Å²) in [5.74, 6) is -0.556. The molecule has 0 aliphatic carbocycles. The van der Waals surface area contributed by atoms with E-state index in [1.54, 1.807) is 18.2 Å². The molecule has 5 nitrogen and oxygen atoms in total. The first-order valence-corrected chi connectivity index (χ1v) is 5.53. The Balaban J connectivity index is 2.47. The highest BCUT2D eigenvalue weighted by molar-refractivity contribution is 5.93. The summed E-state index contributed by atoms with van der Waals surface area (Å²) in [5.41, 5.74) is 4.99. The molecule has 0 bridgehead atoms. The van der Waals surface area contributed by atoms with Crippen LogP contribution in [-0.4, -0.2) is 16.8 Å². The number of nitrogens with zero attached hydrogens (tertiary/aromatic N) is 1. The summed E-state index contributed by atoms with van der Waals surface area (Å²) in [6.45, 7) is 5.71. The molecule has 92 valence electrons. The van der Waals surface area contributed by atoms with Crippen LogP contribution in [0.2, 0.25) is 0 Å². The first-order valence-electron chi connectivity index (χ1n) is 5.53. The molecular weight excluding hydrogens is 218 g/mol. The summed E-state index contributed by atoms with van der Waals surface area (Å²) in [6.07, 6.45) is 1.52. The molecule has 1 heterocycles. The number of amides is 2. The number of carbonyl (C=O) groups excluding carboxylic acids is 2. The normalized spacial score (nSPS) is 12.0. The SMILES string of the molecule is CC(C)C(C)C(=O)NNC(=O)c1ccccn1. The van der Waals surface area contributed by atoms with Gasteiger partial charge in [-0.3, -0.25) is 25.4 Å². The highest BCUT2D eigenvalue weighted by Crippen LogP contribution is 2.08. The van der Waals surface area contributed by atoms with E-state index in [-0.39, 0.29) is 23.4 Å². The Morgan fingerprint density at radius 1 is 1.18 bits per heavy atom. The zero-order valence-electron chi connectivity index (χ0n) is 10.2. The van der Waals surface area contributed by atoms with E-state index in [0.29, 0.717) is 0 Å². The Labute approximate surface area is 101 Å². The van der Waals surface area contributed by atoms with Crippen LogP contribution in [0.5, 0.6) is 0 Å². The van der Waals surface area contributed by atoms with Gasteiger partial charge in [-0.15, -0.1) is 0 Å². The number of carbonyl (C=O) groups is 2. The molecule has 0 saturated carbocycles. The predicted molar refractivity (Wildman–Crippen MR) is 63.8 cm³/mol. The molecule has 1 aromatic rings. The van der Waals surface area contributed by atoms with Crippen LogP contribution in [0.1, 0.15) is 31.3 Å². The Kier molecular flexibility index (Phi) is 4.63. The molecule has 2 N–H and O–H groups in total. The van der Waals surface area contributed by atoms with Crippen LogP contribution in [0.4, 0.5) is 0 Å². The molecule has 1 rings (SSSR count). The summed E-state index contributed by atoms with van der Waals surface area (Å²) >= 11 is 0. The van der Waals surface area contributed by atoms with Crippen molar-refractivity contribution in [3.8, 4) is 0 Å². The van der Waals surface area contributed by atoms with Gasteiger partial charge in [-0.2, -0.15) is 0 Å². The van der Waals surface area contributed by atoms with Crippen molar-refractivity contribution in [2.24, 2.45) is 11.8 Å². The Hall–Kier alpha value is -1.91. The fourth-order valence-corrected chi connectivity index (χ4v) is 1.10. The van der Waals surface area contributed by atoms with Crippen LogP contribution >= 0.6 is 0 Å². The van der Waals surface area contributed by atoms with E-state index < -0.39 is 5.91 Å². The maximum absolute atomic E-state index is 11.6. The molecule has 17 heavy (non-hydrogen) atoms. The Bertz CT molecular complexity index is 390. The van der Waals surface area contributed by atoms with Crippen molar-refractivity contribution in [3.05, 3.63) is 30.1 Å². The number of nitrogens with one attached hydrogen (secondary N) is 2. The van der Waals surface area contributed by atoms with Crippen LogP contribution < -0.4 is 10.9 Å². The number of aromatic nitrogens is 1. The molecule has 2 amide bonds. The lowest BCUT2D eigenvalue weighted by atomic mass is 9.98. The maximum atomic E-state index is 11.6. The number of hydrazine groups is 1. The zero-order valence-corrected chi connectivity index (χ0v) is 10.2. The molecule has 0 fully saturated rings. The van der Waals surface area contributed by atoms with Crippen LogP contribution in [-0.2, 0) is 4.79 Å². The molecule has 0 radical (unpaired) electrons. The fraction of sp³-hybridized carbons (Fsp3) is 0.417. The van der Waals surface area contributed by atoms with E-state index in [1.165, 1.54) is 6.20 Å². The van der Waals surface area contributed by atoms with E-state index in [2.05, 4.69) is 15.8 Å². The van der Waals surface area contributed by atoms with Gasteiger partial charge in [0, 0.05) is 12.1 Å². The van der Waals surface area contributed by atoms with Crippen LogP contribution in [0.25, 0.3) is 0 Å². The quantitative estimate of drug-likeness (QED) is 0.772. The zero-order chi connectivity index (χ0) is 12.8. The summed E-state index contributed by atoms with van der Waals surface area (Å²) in [5, 5.41) is 0. The number of hydrogen-bond acceptors (Lipinski definition) is 3.